The quantitative estimate of drug-likeness (QED) is 0.491. The minimum absolute atomic E-state index is 0.403. The molecule has 0 N–H and O–H groups in total. The number of likely N-dealkylation sites (tertiary alicyclic amines) is 1. The number of piperidine rings is 1. The van der Waals surface area contributed by atoms with Crippen LogP contribution in [0, 0.1) is 0 Å². The Morgan fingerprint density at radius 3 is 2.70 bits per heavy atom. The van der Waals surface area contributed by atoms with Gasteiger partial charge in [-0.25, -0.2) is 0 Å². The second kappa shape index (κ2) is 6.90. The van der Waals surface area contributed by atoms with Crippen LogP contribution in [-0.4, -0.2) is 42.8 Å². The first-order valence-corrected chi connectivity index (χ1v) is 9.66. The van der Waals surface area contributed by atoms with Crippen LogP contribution in [0.15, 0.2) is 50.0 Å². The van der Waals surface area contributed by atoms with E-state index in [0.29, 0.717) is 34.7 Å². The Morgan fingerprint density at radius 2 is 1.89 bits per heavy atom. The predicted octanol–water partition coefficient (Wildman–Crippen LogP) is 3.51. The second-order valence-corrected chi connectivity index (χ2v) is 7.42. The van der Waals surface area contributed by atoms with Crippen LogP contribution in [0.2, 0.25) is 0 Å². The van der Waals surface area contributed by atoms with Gasteiger partial charge in [-0.05, 0) is 66.1 Å². The molecule has 4 aromatic rings. The molecule has 8 nitrogen and oxygen atoms in total. The number of aromatic nitrogens is 5. The van der Waals surface area contributed by atoms with Gasteiger partial charge in [0, 0.05) is 12.1 Å². The zero-order valence-corrected chi connectivity index (χ0v) is 16.0. The molecule has 5 rings (SSSR count). The molecular weight excluding hydrogens is 412 g/mol. The summed E-state index contributed by atoms with van der Waals surface area (Å²) in [6, 6.07) is 9.58. The van der Waals surface area contributed by atoms with Crippen LogP contribution in [0.25, 0.3) is 17.3 Å². The molecule has 9 heteroatoms. The minimum Gasteiger partial charge on any atom is -0.444 e. The van der Waals surface area contributed by atoms with E-state index >= 15 is 0 Å². The Balaban J connectivity index is 1.23. The Kier molecular flexibility index (Phi) is 4.25. The first-order chi connectivity index (χ1) is 13.3. The van der Waals surface area contributed by atoms with Gasteiger partial charge in [0.15, 0.2) is 16.1 Å². The lowest BCUT2D eigenvalue weighted by atomic mass is 9.96. The van der Waals surface area contributed by atoms with Crippen LogP contribution >= 0.6 is 15.9 Å². The molecule has 27 heavy (non-hydrogen) atoms. The van der Waals surface area contributed by atoms with Crippen molar-refractivity contribution in [3.63, 3.8) is 0 Å². The van der Waals surface area contributed by atoms with E-state index in [1.165, 1.54) is 0 Å². The van der Waals surface area contributed by atoms with E-state index in [-0.39, 0.29) is 0 Å². The number of rotatable bonds is 4. The minimum atomic E-state index is 0.403. The Bertz CT molecular complexity index is 1060. The highest BCUT2D eigenvalue weighted by Crippen LogP contribution is 2.28. The third-order valence-corrected chi connectivity index (χ3v) is 5.33. The topological polar surface area (TPSA) is 85.5 Å². The van der Waals surface area contributed by atoms with Crippen molar-refractivity contribution in [2.75, 3.05) is 13.1 Å². The van der Waals surface area contributed by atoms with Crippen LogP contribution in [0.4, 0.5) is 0 Å². The molecule has 0 unspecified atom stereocenters. The van der Waals surface area contributed by atoms with Crippen LogP contribution in [0.1, 0.15) is 30.5 Å². The van der Waals surface area contributed by atoms with E-state index in [1.54, 1.807) is 12.1 Å². The SMILES string of the molecule is Brc1ccc(-c2nnc(CN3CCC(c4nnc5ccccn45)CC3)o2)o1. The summed E-state index contributed by atoms with van der Waals surface area (Å²) in [6.07, 6.45) is 4.09. The van der Waals surface area contributed by atoms with Gasteiger partial charge in [-0.3, -0.25) is 9.30 Å². The maximum atomic E-state index is 5.74. The molecular formula is C18H17BrN6O2. The molecule has 1 aliphatic rings. The van der Waals surface area contributed by atoms with Gasteiger partial charge < -0.3 is 8.83 Å². The summed E-state index contributed by atoms with van der Waals surface area (Å²) in [5, 5.41) is 16.9. The van der Waals surface area contributed by atoms with E-state index in [9.17, 15) is 0 Å². The fourth-order valence-electron chi connectivity index (χ4n) is 3.53. The number of hydrogen-bond acceptors (Lipinski definition) is 7. The van der Waals surface area contributed by atoms with Gasteiger partial charge in [0.25, 0.3) is 5.89 Å². The van der Waals surface area contributed by atoms with Crippen molar-refractivity contribution in [2.45, 2.75) is 25.3 Å². The molecule has 0 spiro atoms. The van der Waals surface area contributed by atoms with Crippen molar-refractivity contribution < 1.29 is 8.83 Å². The molecule has 4 aromatic heterocycles. The van der Waals surface area contributed by atoms with Gasteiger partial charge >= 0.3 is 0 Å². The smallest absolute Gasteiger partial charge is 0.283 e. The molecule has 1 aliphatic heterocycles. The van der Waals surface area contributed by atoms with Gasteiger partial charge in [0.1, 0.15) is 5.82 Å². The van der Waals surface area contributed by atoms with Crippen molar-refractivity contribution >= 4 is 21.6 Å². The van der Waals surface area contributed by atoms with Crippen molar-refractivity contribution in [1.82, 2.24) is 29.7 Å². The summed E-state index contributed by atoms with van der Waals surface area (Å²) in [7, 11) is 0. The van der Waals surface area contributed by atoms with Crippen molar-refractivity contribution in [3.05, 3.63) is 52.9 Å². The molecule has 0 radical (unpaired) electrons. The van der Waals surface area contributed by atoms with Gasteiger partial charge in [-0.15, -0.1) is 20.4 Å². The summed E-state index contributed by atoms with van der Waals surface area (Å²) in [6.45, 7) is 2.55. The maximum Gasteiger partial charge on any atom is 0.283 e. The highest BCUT2D eigenvalue weighted by molar-refractivity contribution is 9.10. The molecule has 0 bridgehead atoms. The number of nitrogens with zero attached hydrogens (tertiary/aromatic N) is 6. The number of hydrogen-bond donors (Lipinski definition) is 0. The van der Waals surface area contributed by atoms with Crippen molar-refractivity contribution in [1.29, 1.82) is 0 Å². The zero-order chi connectivity index (χ0) is 18.2. The van der Waals surface area contributed by atoms with E-state index in [4.69, 9.17) is 8.83 Å². The lowest BCUT2D eigenvalue weighted by Crippen LogP contribution is -2.33. The standard InChI is InChI=1S/C18H17BrN6O2/c19-14-5-4-13(26-14)18-23-21-16(27-18)11-24-9-6-12(7-10-24)17-22-20-15-3-1-2-8-25(15)17/h1-5,8,12H,6-7,9-11H2. The average Bonchev–Trinajstić information content (AvgIpc) is 3.42. The summed E-state index contributed by atoms with van der Waals surface area (Å²) in [5.74, 6) is 3.04. The van der Waals surface area contributed by atoms with E-state index in [0.717, 1.165) is 37.4 Å². The first-order valence-electron chi connectivity index (χ1n) is 8.86. The normalized spacial score (nSPS) is 16.3. The van der Waals surface area contributed by atoms with Crippen LogP contribution < -0.4 is 0 Å². The summed E-state index contributed by atoms with van der Waals surface area (Å²) < 4.78 is 13.9. The summed E-state index contributed by atoms with van der Waals surface area (Å²) in [5.41, 5.74) is 0.901. The predicted molar refractivity (Wildman–Crippen MR) is 99.9 cm³/mol. The molecule has 0 aliphatic carbocycles. The van der Waals surface area contributed by atoms with Crippen LogP contribution in [0.3, 0.4) is 0 Å². The maximum absolute atomic E-state index is 5.74. The molecule has 1 fully saturated rings. The molecule has 138 valence electrons. The van der Waals surface area contributed by atoms with Crippen molar-refractivity contribution in [3.8, 4) is 11.7 Å². The van der Waals surface area contributed by atoms with Gasteiger partial charge in [-0.1, -0.05) is 6.07 Å². The van der Waals surface area contributed by atoms with Gasteiger partial charge in [0.2, 0.25) is 5.89 Å². The van der Waals surface area contributed by atoms with E-state index < -0.39 is 0 Å². The van der Waals surface area contributed by atoms with E-state index in [1.807, 2.05) is 24.4 Å². The molecule has 5 heterocycles. The number of fused-ring (bicyclic) bond motifs is 1. The van der Waals surface area contributed by atoms with Crippen molar-refractivity contribution in [2.24, 2.45) is 0 Å². The Labute approximate surface area is 163 Å². The van der Waals surface area contributed by atoms with E-state index in [2.05, 4.69) is 45.6 Å². The molecule has 0 saturated carbocycles. The summed E-state index contributed by atoms with van der Waals surface area (Å²) >= 11 is 3.28. The second-order valence-electron chi connectivity index (χ2n) is 6.64. The fraction of sp³-hybridized carbons (Fsp3) is 0.333. The summed E-state index contributed by atoms with van der Waals surface area (Å²) in [4.78, 5) is 2.33. The van der Waals surface area contributed by atoms with Gasteiger partial charge in [0.05, 0.1) is 6.54 Å². The third-order valence-electron chi connectivity index (χ3n) is 4.90. The van der Waals surface area contributed by atoms with Crippen LogP contribution in [-0.2, 0) is 6.54 Å². The molecule has 0 amide bonds. The molecule has 1 saturated heterocycles. The highest BCUT2D eigenvalue weighted by atomic mass is 79.9. The highest BCUT2D eigenvalue weighted by Gasteiger charge is 2.25. The molecule has 0 aromatic carbocycles. The number of pyridine rings is 1. The number of furan rings is 1. The molecule has 0 atom stereocenters. The van der Waals surface area contributed by atoms with Gasteiger partial charge in [-0.2, -0.15) is 0 Å². The Hall–Kier alpha value is -2.52. The number of halogens is 1. The average molecular weight is 429 g/mol. The monoisotopic (exact) mass is 428 g/mol. The van der Waals surface area contributed by atoms with Crippen LogP contribution in [0.5, 0.6) is 0 Å². The fourth-order valence-corrected chi connectivity index (χ4v) is 3.83. The zero-order valence-electron chi connectivity index (χ0n) is 14.5. The lowest BCUT2D eigenvalue weighted by molar-refractivity contribution is 0.185. The third kappa shape index (κ3) is 3.28. The Morgan fingerprint density at radius 1 is 1.00 bits per heavy atom. The largest absolute Gasteiger partial charge is 0.444 e. The lowest BCUT2D eigenvalue weighted by Gasteiger charge is -2.30. The first kappa shape index (κ1) is 16.6.